The molecule has 88 valence electrons. The zero-order valence-electron chi connectivity index (χ0n) is 9.63. The lowest BCUT2D eigenvalue weighted by atomic mass is 9.65. The number of hydrogen-bond donors (Lipinski definition) is 1. The molecule has 2 rings (SSSR count). The van der Waals surface area contributed by atoms with Gasteiger partial charge in [0.05, 0.1) is 0 Å². The molecule has 1 fully saturated rings. The summed E-state index contributed by atoms with van der Waals surface area (Å²) in [6, 6.07) is 2.75. The lowest BCUT2D eigenvalue weighted by molar-refractivity contribution is 0.194. The molecular weight excluding hydrogens is 208 g/mol. The minimum Gasteiger partial charge on any atom is -0.327 e. The minimum atomic E-state index is -0.327. The molecule has 0 saturated heterocycles. The van der Waals surface area contributed by atoms with Crippen molar-refractivity contribution in [1.29, 1.82) is 0 Å². The Hall–Kier alpha value is -0.960. The van der Waals surface area contributed by atoms with E-state index in [2.05, 4.69) is 0 Å². The van der Waals surface area contributed by atoms with Gasteiger partial charge < -0.3 is 5.73 Å². The Balaban J connectivity index is 2.31. The molecule has 1 aliphatic rings. The van der Waals surface area contributed by atoms with E-state index in [0.29, 0.717) is 11.1 Å². The van der Waals surface area contributed by atoms with Crippen LogP contribution < -0.4 is 5.73 Å². The lowest BCUT2D eigenvalue weighted by Crippen LogP contribution is -2.45. The third kappa shape index (κ3) is 1.73. The standard InChI is InChI=1S/C13H17F2N/c1-3-8-9(6-13(8)16)10-5-11(14)7(2)4-12(10)15/h4-5,8-9,13H,3,6,16H2,1-2H3. The van der Waals surface area contributed by atoms with Gasteiger partial charge >= 0.3 is 0 Å². The highest BCUT2D eigenvalue weighted by atomic mass is 19.1. The molecule has 1 aromatic rings. The van der Waals surface area contributed by atoms with Crippen LogP contribution in [0.3, 0.4) is 0 Å². The first-order valence-electron chi connectivity index (χ1n) is 5.75. The second kappa shape index (κ2) is 4.13. The van der Waals surface area contributed by atoms with Crippen molar-refractivity contribution in [2.24, 2.45) is 11.7 Å². The van der Waals surface area contributed by atoms with E-state index in [0.717, 1.165) is 12.8 Å². The fourth-order valence-electron chi connectivity index (χ4n) is 2.64. The first-order valence-corrected chi connectivity index (χ1v) is 5.75. The van der Waals surface area contributed by atoms with Crippen LogP contribution in [0.5, 0.6) is 0 Å². The molecule has 0 amide bonds. The van der Waals surface area contributed by atoms with Crippen LogP contribution in [0.2, 0.25) is 0 Å². The van der Waals surface area contributed by atoms with Gasteiger partial charge in [-0.2, -0.15) is 0 Å². The third-order valence-corrected chi connectivity index (χ3v) is 3.74. The van der Waals surface area contributed by atoms with Crippen molar-refractivity contribution in [3.63, 3.8) is 0 Å². The van der Waals surface area contributed by atoms with Crippen LogP contribution in [0, 0.1) is 24.5 Å². The summed E-state index contributed by atoms with van der Waals surface area (Å²) >= 11 is 0. The van der Waals surface area contributed by atoms with E-state index in [1.807, 2.05) is 6.92 Å². The van der Waals surface area contributed by atoms with Crippen LogP contribution in [-0.2, 0) is 0 Å². The van der Waals surface area contributed by atoms with Gasteiger partial charge in [0.15, 0.2) is 0 Å². The summed E-state index contributed by atoms with van der Waals surface area (Å²) in [5, 5.41) is 0. The quantitative estimate of drug-likeness (QED) is 0.822. The van der Waals surface area contributed by atoms with Crippen molar-refractivity contribution in [3.05, 3.63) is 34.9 Å². The monoisotopic (exact) mass is 225 g/mol. The fraction of sp³-hybridized carbons (Fsp3) is 0.538. The molecule has 0 heterocycles. The van der Waals surface area contributed by atoms with Crippen molar-refractivity contribution in [3.8, 4) is 0 Å². The summed E-state index contributed by atoms with van der Waals surface area (Å²) in [5.41, 5.74) is 6.72. The van der Waals surface area contributed by atoms with Gasteiger partial charge in [0.1, 0.15) is 11.6 Å². The normalized spacial score (nSPS) is 28.9. The Morgan fingerprint density at radius 2 is 2.00 bits per heavy atom. The molecule has 0 aliphatic heterocycles. The molecule has 1 aromatic carbocycles. The molecule has 2 N–H and O–H groups in total. The Labute approximate surface area is 94.7 Å². The summed E-state index contributed by atoms with van der Waals surface area (Å²) in [5.74, 6) is -0.243. The molecule has 0 spiro atoms. The van der Waals surface area contributed by atoms with E-state index in [-0.39, 0.29) is 29.5 Å². The maximum Gasteiger partial charge on any atom is 0.127 e. The largest absolute Gasteiger partial charge is 0.327 e. The molecular formula is C13H17F2N. The highest BCUT2D eigenvalue weighted by Crippen LogP contribution is 2.44. The van der Waals surface area contributed by atoms with Crippen LogP contribution in [0.1, 0.15) is 36.8 Å². The predicted molar refractivity (Wildman–Crippen MR) is 60.2 cm³/mol. The van der Waals surface area contributed by atoms with Crippen molar-refractivity contribution < 1.29 is 8.78 Å². The molecule has 16 heavy (non-hydrogen) atoms. The van der Waals surface area contributed by atoms with E-state index < -0.39 is 0 Å². The number of nitrogens with two attached hydrogens (primary N) is 1. The second-order valence-corrected chi connectivity index (χ2v) is 4.70. The van der Waals surface area contributed by atoms with Crippen LogP contribution in [0.4, 0.5) is 8.78 Å². The molecule has 0 radical (unpaired) electrons. The first-order chi connectivity index (χ1) is 7.54. The topological polar surface area (TPSA) is 26.0 Å². The molecule has 1 nitrogen and oxygen atoms in total. The maximum absolute atomic E-state index is 13.7. The molecule has 0 aromatic heterocycles. The summed E-state index contributed by atoms with van der Waals surface area (Å²) < 4.78 is 27.1. The molecule has 3 heteroatoms. The van der Waals surface area contributed by atoms with Gasteiger partial charge in [0, 0.05) is 6.04 Å². The maximum atomic E-state index is 13.7. The zero-order valence-corrected chi connectivity index (χ0v) is 9.63. The van der Waals surface area contributed by atoms with Crippen molar-refractivity contribution in [1.82, 2.24) is 0 Å². The predicted octanol–water partition coefficient (Wildman–Crippen LogP) is 3.11. The van der Waals surface area contributed by atoms with Gasteiger partial charge in [-0.25, -0.2) is 8.78 Å². The number of aryl methyl sites for hydroxylation is 1. The summed E-state index contributed by atoms with van der Waals surface area (Å²) in [4.78, 5) is 0. The van der Waals surface area contributed by atoms with E-state index in [1.54, 1.807) is 6.92 Å². The minimum absolute atomic E-state index is 0.0927. The lowest BCUT2D eigenvalue weighted by Gasteiger charge is -2.42. The van der Waals surface area contributed by atoms with Crippen molar-refractivity contribution in [2.75, 3.05) is 0 Å². The fourth-order valence-corrected chi connectivity index (χ4v) is 2.64. The van der Waals surface area contributed by atoms with Crippen LogP contribution >= 0.6 is 0 Å². The molecule has 1 aliphatic carbocycles. The Morgan fingerprint density at radius 1 is 1.31 bits per heavy atom. The average Bonchev–Trinajstić information content (AvgIpc) is 2.21. The van der Waals surface area contributed by atoms with Crippen LogP contribution in [0.15, 0.2) is 12.1 Å². The summed E-state index contributed by atoms with van der Waals surface area (Å²) in [7, 11) is 0. The highest BCUT2D eigenvalue weighted by molar-refractivity contribution is 5.31. The van der Waals surface area contributed by atoms with Crippen LogP contribution in [-0.4, -0.2) is 6.04 Å². The average molecular weight is 225 g/mol. The van der Waals surface area contributed by atoms with Gasteiger partial charge in [-0.1, -0.05) is 13.3 Å². The molecule has 0 bridgehead atoms. The number of hydrogen-bond acceptors (Lipinski definition) is 1. The second-order valence-electron chi connectivity index (χ2n) is 4.70. The Morgan fingerprint density at radius 3 is 2.56 bits per heavy atom. The SMILES string of the molecule is CCC1C(N)CC1c1cc(F)c(C)cc1F. The van der Waals surface area contributed by atoms with E-state index >= 15 is 0 Å². The van der Waals surface area contributed by atoms with Gasteiger partial charge in [-0.05, 0) is 48.4 Å². The van der Waals surface area contributed by atoms with Crippen molar-refractivity contribution >= 4 is 0 Å². The number of benzene rings is 1. The number of halogens is 2. The van der Waals surface area contributed by atoms with Gasteiger partial charge in [-0.15, -0.1) is 0 Å². The molecule has 3 unspecified atom stereocenters. The molecule has 1 saturated carbocycles. The first kappa shape index (κ1) is 11.5. The Bertz CT molecular complexity index is 403. The smallest absolute Gasteiger partial charge is 0.127 e. The molecule has 3 atom stereocenters. The highest BCUT2D eigenvalue weighted by Gasteiger charge is 2.39. The van der Waals surface area contributed by atoms with Gasteiger partial charge in [0.2, 0.25) is 0 Å². The van der Waals surface area contributed by atoms with Crippen LogP contribution in [0.25, 0.3) is 0 Å². The summed E-state index contributed by atoms with van der Waals surface area (Å²) in [6.07, 6.45) is 1.68. The Kier molecular flexibility index (Phi) is 2.98. The van der Waals surface area contributed by atoms with Gasteiger partial charge in [-0.3, -0.25) is 0 Å². The van der Waals surface area contributed by atoms with E-state index in [4.69, 9.17) is 5.73 Å². The zero-order chi connectivity index (χ0) is 11.9. The van der Waals surface area contributed by atoms with Crippen molar-refractivity contribution in [2.45, 2.75) is 38.6 Å². The number of rotatable bonds is 2. The van der Waals surface area contributed by atoms with E-state index in [9.17, 15) is 8.78 Å². The van der Waals surface area contributed by atoms with E-state index in [1.165, 1.54) is 12.1 Å². The van der Waals surface area contributed by atoms with Gasteiger partial charge in [0.25, 0.3) is 0 Å². The summed E-state index contributed by atoms with van der Waals surface area (Å²) in [6.45, 7) is 3.62. The third-order valence-electron chi connectivity index (χ3n) is 3.74.